The Morgan fingerprint density at radius 3 is 2.95 bits per heavy atom. The molecule has 0 N–H and O–H groups in total. The minimum Gasteiger partial charge on any atom is -0.408 e. The van der Waals surface area contributed by atoms with Gasteiger partial charge in [-0.2, -0.15) is 0 Å². The second kappa shape index (κ2) is 5.16. The van der Waals surface area contributed by atoms with Crippen LogP contribution in [0.4, 0.5) is 0 Å². The molecule has 3 nitrogen and oxygen atoms in total. The molecule has 102 valence electrons. The van der Waals surface area contributed by atoms with Crippen molar-refractivity contribution in [2.24, 2.45) is 5.92 Å². The van der Waals surface area contributed by atoms with Crippen molar-refractivity contribution < 1.29 is 4.42 Å². The van der Waals surface area contributed by atoms with E-state index in [1.165, 1.54) is 24.8 Å². The molecule has 0 radical (unpaired) electrons. The molecule has 19 heavy (non-hydrogen) atoms. The first-order valence-electron chi connectivity index (χ1n) is 6.96. The predicted octanol–water partition coefficient (Wildman–Crippen LogP) is 4.24. The van der Waals surface area contributed by atoms with E-state index >= 15 is 0 Å². The minimum absolute atomic E-state index is 0.248. The summed E-state index contributed by atoms with van der Waals surface area (Å²) in [6.07, 6.45) is 4.81. The third-order valence-corrected chi connectivity index (χ3v) is 4.64. The molecule has 0 amide bonds. The van der Waals surface area contributed by atoms with Crippen LogP contribution in [0.25, 0.3) is 11.1 Å². The largest absolute Gasteiger partial charge is 0.419 e. The molecule has 1 fully saturated rings. The van der Waals surface area contributed by atoms with Gasteiger partial charge in [-0.05, 0) is 36.5 Å². The number of nitrogens with zero attached hydrogens (tertiary/aromatic N) is 1. The van der Waals surface area contributed by atoms with Gasteiger partial charge in [0, 0.05) is 11.4 Å². The monoisotopic (exact) mass is 323 g/mol. The lowest BCUT2D eigenvalue weighted by molar-refractivity contribution is 0.502. The molecule has 1 aromatic carbocycles. The molecule has 1 aliphatic rings. The van der Waals surface area contributed by atoms with E-state index in [0.717, 1.165) is 17.9 Å². The molecule has 1 atom stereocenters. The highest BCUT2D eigenvalue weighted by Crippen LogP contribution is 2.41. The number of halogens is 1. The summed E-state index contributed by atoms with van der Waals surface area (Å²) < 4.78 is 7.06. The van der Waals surface area contributed by atoms with E-state index in [-0.39, 0.29) is 5.76 Å². The van der Waals surface area contributed by atoms with Crippen molar-refractivity contribution in [2.75, 3.05) is 0 Å². The molecule has 1 saturated carbocycles. The summed E-state index contributed by atoms with van der Waals surface area (Å²) in [4.78, 5) is 12.1. The van der Waals surface area contributed by atoms with Gasteiger partial charge in [0.05, 0.1) is 5.52 Å². The van der Waals surface area contributed by atoms with Gasteiger partial charge in [0.1, 0.15) is 0 Å². The maximum absolute atomic E-state index is 11.8. The summed E-state index contributed by atoms with van der Waals surface area (Å²) >= 11 is 3.74. The quantitative estimate of drug-likeness (QED) is 0.771. The van der Waals surface area contributed by atoms with E-state index in [9.17, 15) is 4.79 Å². The summed E-state index contributed by atoms with van der Waals surface area (Å²) in [5.74, 6) is 0.624. The zero-order chi connectivity index (χ0) is 13.4. The van der Waals surface area contributed by atoms with Gasteiger partial charge < -0.3 is 4.42 Å². The first kappa shape index (κ1) is 13.0. The van der Waals surface area contributed by atoms with E-state index in [4.69, 9.17) is 4.42 Å². The van der Waals surface area contributed by atoms with Gasteiger partial charge in [-0.3, -0.25) is 4.57 Å². The van der Waals surface area contributed by atoms with Crippen molar-refractivity contribution in [3.05, 3.63) is 34.3 Å². The third kappa shape index (κ3) is 2.64. The van der Waals surface area contributed by atoms with Crippen LogP contribution in [0.5, 0.6) is 0 Å². The van der Waals surface area contributed by atoms with Gasteiger partial charge in [0.25, 0.3) is 0 Å². The lowest BCUT2D eigenvalue weighted by Gasteiger charge is -2.09. The number of hydrogen-bond acceptors (Lipinski definition) is 2. The van der Waals surface area contributed by atoms with Gasteiger partial charge >= 0.3 is 5.76 Å². The zero-order valence-corrected chi connectivity index (χ0v) is 12.6. The van der Waals surface area contributed by atoms with E-state index in [1.54, 1.807) is 4.57 Å². The SMILES string of the molecule is CCCn1c(=O)oc2cc(C(Br)CC3CC3)ccc21. The Morgan fingerprint density at radius 1 is 1.47 bits per heavy atom. The van der Waals surface area contributed by atoms with Crippen LogP contribution in [-0.4, -0.2) is 4.57 Å². The standard InChI is InChI=1S/C15H18BrNO2/c1-2-7-17-13-6-5-11(9-14(13)19-15(17)18)12(16)8-10-3-4-10/h5-6,9-10,12H,2-4,7-8H2,1H3. The highest BCUT2D eigenvalue weighted by atomic mass is 79.9. The van der Waals surface area contributed by atoms with Crippen LogP contribution < -0.4 is 5.76 Å². The molecular formula is C15H18BrNO2. The average molecular weight is 324 g/mol. The van der Waals surface area contributed by atoms with E-state index in [0.29, 0.717) is 17.0 Å². The maximum atomic E-state index is 11.8. The Bertz CT molecular complexity index is 639. The smallest absolute Gasteiger partial charge is 0.408 e. The van der Waals surface area contributed by atoms with Crippen molar-refractivity contribution in [3.8, 4) is 0 Å². The van der Waals surface area contributed by atoms with Crippen LogP contribution in [0.3, 0.4) is 0 Å². The van der Waals surface area contributed by atoms with Crippen LogP contribution in [0.2, 0.25) is 0 Å². The number of fused-ring (bicyclic) bond motifs is 1. The zero-order valence-electron chi connectivity index (χ0n) is 11.1. The molecule has 2 aromatic rings. The van der Waals surface area contributed by atoms with Gasteiger partial charge in [-0.25, -0.2) is 4.79 Å². The number of hydrogen-bond donors (Lipinski definition) is 0. The normalized spacial score (nSPS) is 16.9. The molecule has 0 saturated heterocycles. The van der Waals surface area contributed by atoms with Crippen molar-refractivity contribution in [1.82, 2.24) is 4.57 Å². The van der Waals surface area contributed by atoms with Crippen LogP contribution in [-0.2, 0) is 6.54 Å². The van der Waals surface area contributed by atoms with Crippen LogP contribution in [0, 0.1) is 5.92 Å². The second-order valence-electron chi connectivity index (χ2n) is 5.39. The predicted molar refractivity (Wildman–Crippen MR) is 79.8 cm³/mol. The third-order valence-electron chi connectivity index (χ3n) is 3.74. The highest BCUT2D eigenvalue weighted by molar-refractivity contribution is 9.09. The topological polar surface area (TPSA) is 35.1 Å². The Labute approximate surface area is 120 Å². The van der Waals surface area contributed by atoms with E-state index in [1.807, 2.05) is 12.1 Å². The van der Waals surface area contributed by atoms with Crippen LogP contribution in [0.15, 0.2) is 27.4 Å². The van der Waals surface area contributed by atoms with Gasteiger partial charge in [-0.15, -0.1) is 0 Å². The van der Waals surface area contributed by atoms with Gasteiger partial charge in [0.15, 0.2) is 5.58 Å². The molecule has 4 heteroatoms. The summed E-state index contributed by atoms with van der Waals surface area (Å²) in [7, 11) is 0. The lowest BCUT2D eigenvalue weighted by atomic mass is 10.1. The second-order valence-corrected chi connectivity index (χ2v) is 6.50. The molecule has 0 bridgehead atoms. The van der Waals surface area contributed by atoms with Crippen molar-refractivity contribution in [1.29, 1.82) is 0 Å². The van der Waals surface area contributed by atoms with Crippen LogP contribution in [0.1, 0.15) is 43.0 Å². The molecule has 1 aromatic heterocycles. The number of aryl methyl sites for hydroxylation is 1. The molecule has 1 unspecified atom stereocenters. The summed E-state index contributed by atoms with van der Waals surface area (Å²) in [5, 5.41) is 0. The van der Waals surface area contributed by atoms with Crippen molar-refractivity contribution in [2.45, 2.75) is 44.0 Å². The molecule has 0 aliphatic heterocycles. The highest BCUT2D eigenvalue weighted by Gasteiger charge is 2.25. The summed E-state index contributed by atoms with van der Waals surface area (Å²) in [6.45, 7) is 2.77. The van der Waals surface area contributed by atoms with Crippen molar-refractivity contribution in [3.63, 3.8) is 0 Å². The van der Waals surface area contributed by atoms with E-state index < -0.39 is 0 Å². The van der Waals surface area contributed by atoms with Crippen molar-refractivity contribution >= 4 is 27.0 Å². The Balaban J connectivity index is 1.94. The summed E-state index contributed by atoms with van der Waals surface area (Å²) in [5.41, 5.74) is 2.81. The summed E-state index contributed by atoms with van der Waals surface area (Å²) in [6, 6.07) is 6.11. The van der Waals surface area contributed by atoms with Crippen LogP contribution >= 0.6 is 15.9 Å². The Kier molecular flexibility index (Phi) is 3.52. The fourth-order valence-corrected chi connectivity index (χ4v) is 3.31. The molecule has 1 heterocycles. The first-order valence-corrected chi connectivity index (χ1v) is 7.88. The molecule has 0 spiro atoms. The Hall–Kier alpha value is -1.03. The van der Waals surface area contributed by atoms with E-state index in [2.05, 4.69) is 28.9 Å². The first-order chi connectivity index (χ1) is 9.19. The molecular weight excluding hydrogens is 306 g/mol. The Morgan fingerprint density at radius 2 is 2.26 bits per heavy atom. The lowest BCUT2D eigenvalue weighted by Crippen LogP contribution is -2.13. The molecule has 1 aliphatic carbocycles. The average Bonchev–Trinajstić information content (AvgIpc) is 3.14. The number of alkyl halides is 1. The number of oxazole rings is 1. The number of aromatic nitrogens is 1. The fraction of sp³-hybridized carbons (Fsp3) is 0.533. The number of rotatable bonds is 5. The maximum Gasteiger partial charge on any atom is 0.419 e. The van der Waals surface area contributed by atoms with Gasteiger partial charge in [-0.1, -0.05) is 41.8 Å². The molecule has 3 rings (SSSR count). The number of benzene rings is 1. The van der Waals surface area contributed by atoms with Gasteiger partial charge in [0.2, 0.25) is 0 Å². The fourth-order valence-electron chi connectivity index (χ4n) is 2.50. The minimum atomic E-state index is -0.248.